The van der Waals surface area contributed by atoms with E-state index in [1.807, 2.05) is 24.3 Å². The van der Waals surface area contributed by atoms with Crippen molar-refractivity contribution >= 4 is 38.4 Å². The number of sulfone groups is 1. The number of thioether (sulfide) groups is 1. The monoisotopic (exact) mass is 393 g/mol. The van der Waals surface area contributed by atoms with Gasteiger partial charge in [0.05, 0.1) is 22.8 Å². The van der Waals surface area contributed by atoms with Gasteiger partial charge in [-0.15, -0.1) is 0 Å². The van der Waals surface area contributed by atoms with Crippen molar-refractivity contribution in [3.8, 4) is 0 Å². The number of hydrogen-bond donors (Lipinski definition) is 0. The number of rotatable bonds is 7. The molecule has 1 saturated heterocycles. The van der Waals surface area contributed by atoms with E-state index in [1.165, 1.54) is 18.1 Å². The molecule has 2 heterocycles. The van der Waals surface area contributed by atoms with Crippen LogP contribution in [0.15, 0.2) is 35.6 Å². The molecular weight excluding hydrogens is 370 g/mol. The largest absolute Gasteiger partial charge is 0.338 e. The van der Waals surface area contributed by atoms with E-state index in [0.717, 1.165) is 28.8 Å². The Hall–Kier alpha value is -1.67. The lowest BCUT2D eigenvalue weighted by Gasteiger charge is -2.28. The van der Waals surface area contributed by atoms with E-state index in [4.69, 9.17) is 0 Å². The second-order valence-corrected chi connectivity index (χ2v) is 9.67. The molecular formula is C18H23N3O3S2. The number of amides is 1. The average Bonchev–Trinajstić information content (AvgIpc) is 2.99. The first-order valence-electron chi connectivity index (χ1n) is 8.82. The van der Waals surface area contributed by atoms with Crippen molar-refractivity contribution in [2.24, 2.45) is 0 Å². The lowest BCUT2D eigenvalue weighted by molar-refractivity contribution is -0.130. The summed E-state index contributed by atoms with van der Waals surface area (Å²) in [4.78, 5) is 23.1. The normalized spacial score (nSPS) is 18.9. The van der Waals surface area contributed by atoms with E-state index in [1.54, 1.807) is 4.90 Å². The Bertz CT molecular complexity index is 881. The Balaban J connectivity index is 1.71. The Labute approximate surface area is 158 Å². The highest BCUT2D eigenvalue weighted by Crippen LogP contribution is 2.26. The predicted octanol–water partition coefficient (Wildman–Crippen LogP) is 2.54. The number of unbranched alkanes of at least 4 members (excludes halogenated alkanes) is 1. The molecule has 1 aromatic carbocycles. The topological polar surface area (TPSA) is 80.2 Å². The van der Waals surface area contributed by atoms with Crippen molar-refractivity contribution in [3.63, 3.8) is 0 Å². The van der Waals surface area contributed by atoms with Crippen LogP contribution in [0.3, 0.4) is 0 Å². The number of carbonyl (C=O) groups is 1. The van der Waals surface area contributed by atoms with Gasteiger partial charge in [-0.2, -0.15) is 0 Å². The number of benzene rings is 1. The van der Waals surface area contributed by atoms with Crippen LogP contribution in [0.5, 0.6) is 0 Å². The molecule has 0 bridgehead atoms. The molecule has 1 amide bonds. The Morgan fingerprint density at radius 3 is 2.85 bits per heavy atom. The molecule has 0 spiro atoms. The van der Waals surface area contributed by atoms with Gasteiger partial charge in [0.2, 0.25) is 5.91 Å². The lowest BCUT2D eigenvalue weighted by Crippen LogP contribution is -2.42. The quantitative estimate of drug-likeness (QED) is 0.531. The maximum atomic E-state index is 12.8. The van der Waals surface area contributed by atoms with Crippen LogP contribution in [0, 0.1) is 0 Å². The third-order valence-electron chi connectivity index (χ3n) is 4.56. The molecule has 140 valence electrons. The molecule has 1 fully saturated rings. The van der Waals surface area contributed by atoms with Gasteiger partial charge in [-0.1, -0.05) is 43.3 Å². The summed E-state index contributed by atoms with van der Waals surface area (Å²) < 4.78 is 23.6. The summed E-state index contributed by atoms with van der Waals surface area (Å²) in [7, 11) is -3.02. The summed E-state index contributed by atoms with van der Waals surface area (Å²) >= 11 is 1.39. The minimum Gasteiger partial charge on any atom is -0.338 e. The molecule has 0 radical (unpaired) electrons. The molecule has 0 aliphatic carbocycles. The first-order valence-corrected chi connectivity index (χ1v) is 11.6. The summed E-state index contributed by atoms with van der Waals surface area (Å²) in [5, 5.41) is 1.70. The van der Waals surface area contributed by atoms with Crippen molar-refractivity contribution in [2.75, 3.05) is 23.8 Å². The van der Waals surface area contributed by atoms with E-state index < -0.39 is 9.84 Å². The maximum Gasteiger partial charge on any atom is 0.233 e. The number of fused-ring (bicyclic) bond motifs is 1. The fourth-order valence-corrected chi connectivity index (χ4v) is 5.78. The summed E-state index contributed by atoms with van der Waals surface area (Å²) in [5.41, 5.74) is 0.849. The van der Waals surface area contributed by atoms with Gasteiger partial charge in [0.1, 0.15) is 11.4 Å². The summed E-state index contributed by atoms with van der Waals surface area (Å²) in [5.74, 6) is 0.496. The van der Waals surface area contributed by atoms with Gasteiger partial charge in [-0.3, -0.25) is 4.79 Å². The van der Waals surface area contributed by atoms with E-state index in [0.29, 0.717) is 13.0 Å². The van der Waals surface area contributed by atoms with Crippen LogP contribution >= 0.6 is 11.8 Å². The highest BCUT2D eigenvalue weighted by atomic mass is 32.2. The van der Waals surface area contributed by atoms with Crippen molar-refractivity contribution in [3.05, 3.63) is 30.6 Å². The zero-order valence-electron chi connectivity index (χ0n) is 14.8. The highest BCUT2D eigenvalue weighted by Gasteiger charge is 2.34. The van der Waals surface area contributed by atoms with Crippen LogP contribution in [0.4, 0.5) is 0 Å². The van der Waals surface area contributed by atoms with Crippen molar-refractivity contribution in [1.29, 1.82) is 0 Å². The van der Waals surface area contributed by atoms with Crippen molar-refractivity contribution < 1.29 is 13.2 Å². The van der Waals surface area contributed by atoms with E-state index in [-0.39, 0.29) is 29.2 Å². The Morgan fingerprint density at radius 2 is 2.12 bits per heavy atom. The van der Waals surface area contributed by atoms with Gasteiger partial charge in [-0.05, 0) is 18.9 Å². The highest BCUT2D eigenvalue weighted by molar-refractivity contribution is 8.00. The number of aromatic nitrogens is 2. The Kier molecular flexibility index (Phi) is 6.13. The summed E-state index contributed by atoms with van der Waals surface area (Å²) in [6, 6.07) is 7.51. The fraction of sp³-hybridized carbons (Fsp3) is 0.500. The average molecular weight is 394 g/mol. The smallest absolute Gasteiger partial charge is 0.233 e. The Morgan fingerprint density at radius 1 is 1.31 bits per heavy atom. The van der Waals surface area contributed by atoms with Gasteiger partial charge in [0.25, 0.3) is 0 Å². The first-order chi connectivity index (χ1) is 12.5. The second-order valence-electron chi connectivity index (χ2n) is 6.48. The van der Waals surface area contributed by atoms with Crippen LogP contribution in [-0.4, -0.2) is 59.0 Å². The van der Waals surface area contributed by atoms with E-state index >= 15 is 0 Å². The van der Waals surface area contributed by atoms with Gasteiger partial charge in [0, 0.05) is 18.0 Å². The molecule has 1 aliphatic heterocycles. The third kappa shape index (κ3) is 4.54. The molecule has 26 heavy (non-hydrogen) atoms. The molecule has 0 N–H and O–H groups in total. The number of hydrogen-bond acceptors (Lipinski definition) is 6. The standard InChI is InChI=1S/C18H23N3O3S2/c1-2-3-9-21(14-8-10-26(23,24)12-14)17(22)11-25-18-15-6-4-5-7-16(15)19-13-20-18/h4-7,13-14H,2-3,8-12H2,1H3/t14-/m0/s1. The van der Waals surface area contributed by atoms with Crippen LogP contribution < -0.4 is 0 Å². The van der Waals surface area contributed by atoms with E-state index in [9.17, 15) is 13.2 Å². The number of carbonyl (C=O) groups excluding carboxylic acids is 1. The predicted molar refractivity (Wildman–Crippen MR) is 104 cm³/mol. The second kappa shape index (κ2) is 8.35. The fourth-order valence-electron chi connectivity index (χ4n) is 3.17. The minimum absolute atomic E-state index is 0.0201. The molecule has 1 atom stereocenters. The maximum absolute atomic E-state index is 12.8. The van der Waals surface area contributed by atoms with Gasteiger partial charge >= 0.3 is 0 Å². The molecule has 8 heteroatoms. The van der Waals surface area contributed by atoms with E-state index in [2.05, 4.69) is 16.9 Å². The van der Waals surface area contributed by atoms with Crippen molar-refractivity contribution in [1.82, 2.24) is 14.9 Å². The molecule has 2 aromatic rings. The van der Waals surface area contributed by atoms with Crippen LogP contribution in [0.2, 0.25) is 0 Å². The van der Waals surface area contributed by atoms with Gasteiger partial charge < -0.3 is 4.90 Å². The molecule has 3 rings (SSSR count). The van der Waals surface area contributed by atoms with Crippen LogP contribution in [0.25, 0.3) is 10.9 Å². The molecule has 0 saturated carbocycles. The summed E-state index contributed by atoms with van der Waals surface area (Å²) in [6.45, 7) is 2.68. The molecule has 1 aromatic heterocycles. The number of para-hydroxylation sites is 1. The SMILES string of the molecule is CCCCN(C(=O)CSc1ncnc2ccccc12)[C@H]1CCS(=O)(=O)C1. The first kappa shape index (κ1) is 19.1. The number of nitrogens with zero attached hydrogens (tertiary/aromatic N) is 3. The van der Waals surface area contributed by atoms with Gasteiger partial charge in [0.15, 0.2) is 9.84 Å². The molecule has 0 unspecified atom stereocenters. The molecule has 1 aliphatic rings. The van der Waals surface area contributed by atoms with Crippen LogP contribution in [-0.2, 0) is 14.6 Å². The van der Waals surface area contributed by atoms with Crippen molar-refractivity contribution in [2.45, 2.75) is 37.3 Å². The zero-order chi connectivity index (χ0) is 18.6. The van der Waals surface area contributed by atoms with Crippen LogP contribution in [0.1, 0.15) is 26.2 Å². The third-order valence-corrected chi connectivity index (χ3v) is 7.30. The zero-order valence-corrected chi connectivity index (χ0v) is 16.4. The lowest BCUT2D eigenvalue weighted by atomic mass is 10.2. The summed E-state index contributed by atoms with van der Waals surface area (Å²) in [6.07, 6.45) is 3.89. The van der Waals surface area contributed by atoms with Gasteiger partial charge in [-0.25, -0.2) is 18.4 Å². The minimum atomic E-state index is -3.02. The molecule has 6 nitrogen and oxygen atoms in total.